The normalized spacial score (nSPS) is 23.4. The number of benzene rings is 2. The Morgan fingerprint density at radius 3 is 2.57 bits per heavy atom. The van der Waals surface area contributed by atoms with E-state index in [9.17, 15) is 9.18 Å². The van der Waals surface area contributed by atoms with Crippen LogP contribution in [0.2, 0.25) is 0 Å². The van der Waals surface area contributed by atoms with Crippen LogP contribution in [0.4, 0.5) is 4.39 Å². The molecule has 0 aliphatic heterocycles. The summed E-state index contributed by atoms with van der Waals surface area (Å²) >= 11 is 0. The zero-order valence-corrected chi connectivity index (χ0v) is 17.5. The molecule has 2 aliphatic carbocycles. The highest BCUT2D eigenvalue weighted by Crippen LogP contribution is 2.68. The molecule has 2 aliphatic rings. The van der Waals surface area contributed by atoms with Crippen molar-refractivity contribution in [2.24, 2.45) is 5.41 Å². The summed E-state index contributed by atoms with van der Waals surface area (Å²) in [6, 6.07) is 16.0. The number of carbonyl (C=O) groups excluding carboxylic acids is 1. The van der Waals surface area contributed by atoms with Gasteiger partial charge in [0.15, 0.2) is 0 Å². The minimum Gasteiger partial charge on any atom is -0.455 e. The zero-order valence-electron chi connectivity index (χ0n) is 17.5. The predicted octanol–water partition coefficient (Wildman–Crippen LogP) is 5.54. The number of rotatable bonds is 4. The van der Waals surface area contributed by atoms with Crippen LogP contribution in [0.5, 0.6) is 0 Å². The summed E-state index contributed by atoms with van der Waals surface area (Å²) < 4.78 is 21.5. The van der Waals surface area contributed by atoms with E-state index in [4.69, 9.17) is 9.84 Å². The first-order valence-electron chi connectivity index (χ1n) is 10.4. The molecule has 1 heterocycles. The van der Waals surface area contributed by atoms with Crippen molar-refractivity contribution in [3.8, 4) is 5.69 Å². The van der Waals surface area contributed by atoms with E-state index >= 15 is 0 Å². The van der Waals surface area contributed by atoms with Gasteiger partial charge in [-0.3, -0.25) is 0 Å². The minimum absolute atomic E-state index is 0.00361. The van der Waals surface area contributed by atoms with Crippen molar-refractivity contribution in [3.05, 3.63) is 82.9 Å². The second-order valence-electron chi connectivity index (χ2n) is 9.16. The van der Waals surface area contributed by atoms with Gasteiger partial charge >= 0.3 is 5.97 Å². The number of carbonyl (C=O) groups is 1. The Morgan fingerprint density at radius 2 is 1.83 bits per heavy atom. The van der Waals surface area contributed by atoms with Gasteiger partial charge in [0.05, 0.1) is 16.9 Å². The molecular weight excluding hydrogens is 379 g/mol. The second kappa shape index (κ2) is 6.53. The lowest BCUT2D eigenvalue weighted by Crippen LogP contribution is -2.33. The van der Waals surface area contributed by atoms with E-state index in [1.807, 2.05) is 35.0 Å². The molecule has 1 saturated carbocycles. The first-order valence-corrected chi connectivity index (χ1v) is 10.4. The van der Waals surface area contributed by atoms with Crippen molar-refractivity contribution in [1.82, 2.24) is 9.78 Å². The van der Waals surface area contributed by atoms with Gasteiger partial charge in [-0.15, -0.1) is 0 Å². The van der Waals surface area contributed by atoms with Crippen LogP contribution in [0.1, 0.15) is 66.8 Å². The third-order valence-electron chi connectivity index (χ3n) is 7.53. The van der Waals surface area contributed by atoms with Crippen LogP contribution < -0.4 is 0 Å². The average Bonchev–Trinajstić information content (AvgIpc) is 3.29. The third kappa shape index (κ3) is 2.51. The van der Waals surface area contributed by atoms with Crippen LogP contribution in [-0.2, 0) is 16.8 Å². The molecule has 2 unspecified atom stereocenters. The van der Waals surface area contributed by atoms with Crippen LogP contribution in [-0.4, -0.2) is 15.7 Å². The maximum absolute atomic E-state index is 14.0. The fourth-order valence-corrected chi connectivity index (χ4v) is 5.50. The zero-order chi connectivity index (χ0) is 21.1. The topological polar surface area (TPSA) is 44.1 Å². The number of para-hydroxylation sites is 1. The molecule has 2 atom stereocenters. The Hall–Kier alpha value is -2.95. The molecule has 0 spiro atoms. The van der Waals surface area contributed by atoms with Crippen molar-refractivity contribution >= 4 is 5.97 Å². The lowest BCUT2D eigenvalue weighted by Gasteiger charge is -2.35. The molecule has 4 nitrogen and oxygen atoms in total. The van der Waals surface area contributed by atoms with Gasteiger partial charge in [-0.2, -0.15) is 5.10 Å². The number of aromatic nitrogens is 2. The average molecular weight is 404 g/mol. The van der Waals surface area contributed by atoms with Crippen molar-refractivity contribution < 1.29 is 13.9 Å². The standard InChI is InChI=1S/C25H25FN2O2/c1-24(2)18-13-14-25(24,3)22-21(18)20(27-28(22)16-9-5-4-6-10-16)15-30-23(29)17-11-7-8-12-19(17)26/h4-12,18H,13-15H2,1-3H3. The number of nitrogens with zero attached hydrogens (tertiary/aromatic N) is 2. The molecule has 0 N–H and O–H groups in total. The van der Waals surface area contributed by atoms with E-state index < -0.39 is 11.8 Å². The van der Waals surface area contributed by atoms with Crippen LogP contribution in [0, 0.1) is 11.2 Å². The Morgan fingerprint density at radius 1 is 1.13 bits per heavy atom. The van der Waals surface area contributed by atoms with E-state index in [1.165, 1.54) is 23.4 Å². The monoisotopic (exact) mass is 404 g/mol. The number of hydrogen-bond donors (Lipinski definition) is 0. The molecule has 0 radical (unpaired) electrons. The number of esters is 1. The molecule has 2 bridgehead atoms. The number of fused-ring (bicyclic) bond motifs is 5. The highest BCUT2D eigenvalue weighted by Gasteiger charge is 2.62. The van der Waals surface area contributed by atoms with Crippen LogP contribution in [0.25, 0.3) is 5.69 Å². The predicted molar refractivity (Wildman–Crippen MR) is 112 cm³/mol. The van der Waals surface area contributed by atoms with E-state index in [0.29, 0.717) is 5.92 Å². The lowest BCUT2D eigenvalue weighted by atomic mass is 9.70. The Bertz CT molecular complexity index is 1140. The summed E-state index contributed by atoms with van der Waals surface area (Å²) in [6.45, 7) is 7.03. The Labute approximate surface area is 175 Å². The van der Waals surface area contributed by atoms with Gasteiger partial charge in [0.2, 0.25) is 0 Å². The van der Waals surface area contributed by atoms with Gasteiger partial charge in [-0.25, -0.2) is 13.9 Å². The SMILES string of the molecule is CC12CCC(c3c(COC(=O)c4ccccc4F)nn(-c4ccccc4)c31)C2(C)C. The summed E-state index contributed by atoms with van der Waals surface area (Å²) in [5.74, 6) is -0.864. The summed E-state index contributed by atoms with van der Waals surface area (Å²) in [5.41, 5.74) is 4.27. The molecule has 3 aromatic rings. The summed E-state index contributed by atoms with van der Waals surface area (Å²) in [7, 11) is 0. The van der Waals surface area contributed by atoms with Gasteiger partial charge in [-0.1, -0.05) is 51.1 Å². The van der Waals surface area contributed by atoms with E-state index in [0.717, 1.165) is 24.2 Å². The minimum atomic E-state index is -0.662. The summed E-state index contributed by atoms with van der Waals surface area (Å²) in [4.78, 5) is 12.5. The first kappa shape index (κ1) is 19.0. The van der Waals surface area contributed by atoms with Gasteiger partial charge in [-0.05, 0) is 48.4 Å². The second-order valence-corrected chi connectivity index (χ2v) is 9.16. The lowest BCUT2D eigenvalue weighted by molar-refractivity contribution is 0.0460. The summed E-state index contributed by atoms with van der Waals surface area (Å²) in [6.07, 6.45) is 2.22. The Balaban J connectivity index is 1.55. The van der Waals surface area contributed by atoms with Gasteiger partial charge < -0.3 is 4.74 Å². The van der Waals surface area contributed by atoms with E-state index in [-0.39, 0.29) is 23.0 Å². The van der Waals surface area contributed by atoms with E-state index in [2.05, 4.69) is 20.8 Å². The van der Waals surface area contributed by atoms with Gasteiger partial charge in [0, 0.05) is 11.0 Å². The molecule has 30 heavy (non-hydrogen) atoms. The van der Waals surface area contributed by atoms with Crippen LogP contribution in [0.3, 0.4) is 0 Å². The van der Waals surface area contributed by atoms with Crippen LogP contribution >= 0.6 is 0 Å². The molecule has 154 valence electrons. The molecule has 5 rings (SSSR count). The first-order chi connectivity index (χ1) is 14.3. The Kier molecular flexibility index (Phi) is 4.14. The maximum atomic E-state index is 14.0. The maximum Gasteiger partial charge on any atom is 0.341 e. The van der Waals surface area contributed by atoms with Crippen molar-refractivity contribution in [1.29, 1.82) is 0 Å². The van der Waals surface area contributed by atoms with Gasteiger partial charge in [0.25, 0.3) is 0 Å². The molecule has 5 heteroatoms. The smallest absolute Gasteiger partial charge is 0.341 e. The van der Waals surface area contributed by atoms with Crippen molar-refractivity contribution in [2.75, 3.05) is 0 Å². The molecule has 0 amide bonds. The number of hydrogen-bond acceptors (Lipinski definition) is 3. The highest BCUT2D eigenvalue weighted by atomic mass is 19.1. The molecular formula is C25H25FN2O2. The molecule has 0 saturated heterocycles. The third-order valence-corrected chi connectivity index (χ3v) is 7.53. The quantitative estimate of drug-likeness (QED) is 0.536. The van der Waals surface area contributed by atoms with Crippen molar-refractivity contribution in [2.45, 2.75) is 51.6 Å². The van der Waals surface area contributed by atoms with E-state index in [1.54, 1.807) is 12.1 Å². The summed E-state index contributed by atoms with van der Waals surface area (Å²) in [5, 5.41) is 4.89. The number of ether oxygens (including phenoxy) is 1. The molecule has 1 aromatic heterocycles. The fourth-order valence-electron chi connectivity index (χ4n) is 5.50. The molecule has 2 aromatic carbocycles. The largest absolute Gasteiger partial charge is 0.455 e. The fraction of sp³-hybridized carbons (Fsp3) is 0.360. The van der Waals surface area contributed by atoms with Gasteiger partial charge in [0.1, 0.15) is 18.1 Å². The number of halogens is 1. The highest BCUT2D eigenvalue weighted by molar-refractivity contribution is 5.89. The van der Waals surface area contributed by atoms with Crippen LogP contribution in [0.15, 0.2) is 54.6 Å². The van der Waals surface area contributed by atoms with Crippen molar-refractivity contribution in [3.63, 3.8) is 0 Å². The molecule has 1 fully saturated rings.